The van der Waals surface area contributed by atoms with Crippen molar-refractivity contribution in [1.82, 2.24) is 0 Å². The maximum atomic E-state index is 10.7. The summed E-state index contributed by atoms with van der Waals surface area (Å²) in [7, 11) is 0. The minimum absolute atomic E-state index is 0.208. The molecular weight excluding hydrogens is 92.1 g/mol. The van der Waals surface area contributed by atoms with Crippen molar-refractivity contribution in [1.29, 1.82) is 0 Å². The van der Waals surface area contributed by atoms with Gasteiger partial charge in [-0.05, 0) is 13.7 Å². The zero-order valence-electron chi connectivity index (χ0n) is 9.43. The van der Waals surface area contributed by atoms with E-state index in [1.807, 2.05) is 0 Å². The fraction of sp³-hybridized carbons (Fsp3) is 0.400. The zero-order valence-corrected chi connectivity index (χ0v) is 3.43. The molecule has 0 rings (SSSR count). The molecule has 1 N–H and O–H groups in total. The van der Waals surface area contributed by atoms with Crippen LogP contribution in [0, 0.1) is 0 Å². The summed E-state index contributed by atoms with van der Waals surface area (Å²) in [5.74, 6) is -2.62. The second-order valence-electron chi connectivity index (χ2n) is 0.894. The lowest BCUT2D eigenvalue weighted by atomic mass is 10.4. The van der Waals surface area contributed by atoms with Crippen molar-refractivity contribution in [2.45, 2.75) is 13.7 Å². The third kappa shape index (κ3) is 5.21. The van der Waals surface area contributed by atoms with E-state index in [-0.39, 0.29) is 6.08 Å². The molecule has 0 amide bonds. The van der Waals surface area contributed by atoms with E-state index in [9.17, 15) is 4.79 Å². The summed E-state index contributed by atoms with van der Waals surface area (Å²) in [6.07, 6.45) is 0.208. The lowest BCUT2D eigenvalue weighted by Crippen LogP contribution is -1.82. The highest BCUT2D eigenvalue weighted by molar-refractivity contribution is 5.87. The predicted molar refractivity (Wildman–Crippen MR) is 27.1 cm³/mol. The molecule has 0 fully saturated rings. The largest absolute Gasteiger partial charge is 0.512 e. The van der Waals surface area contributed by atoms with E-state index in [4.69, 9.17) is 13.3 Å². The molecule has 0 aliphatic heterocycles. The molecule has 0 radical (unpaired) electrons. The molecule has 0 saturated heterocycles. The second kappa shape index (κ2) is 2.39. The van der Waals surface area contributed by atoms with Crippen molar-refractivity contribution < 1.29 is 18.1 Å². The van der Waals surface area contributed by atoms with Crippen LogP contribution in [0.1, 0.15) is 21.9 Å². The van der Waals surface area contributed by atoms with E-state index in [1.54, 1.807) is 0 Å². The van der Waals surface area contributed by atoms with Crippen LogP contribution in [0.25, 0.3) is 0 Å². The van der Waals surface area contributed by atoms with Gasteiger partial charge in [0.05, 0.1) is 5.76 Å². The van der Waals surface area contributed by atoms with Crippen LogP contribution >= 0.6 is 0 Å². The van der Waals surface area contributed by atoms with E-state index < -0.39 is 25.2 Å². The zero-order chi connectivity index (χ0) is 10.9. The van der Waals surface area contributed by atoms with Gasteiger partial charge >= 0.3 is 0 Å². The van der Waals surface area contributed by atoms with Crippen LogP contribution in [0.4, 0.5) is 0 Å². The molecule has 0 atom stereocenters. The molecule has 0 aromatic carbocycles. The van der Waals surface area contributed by atoms with E-state index in [2.05, 4.69) is 0 Å². The van der Waals surface area contributed by atoms with Crippen LogP contribution in [-0.4, -0.2) is 10.9 Å². The molecule has 0 bridgehead atoms. The molecule has 0 heterocycles. The van der Waals surface area contributed by atoms with Crippen LogP contribution < -0.4 is 0 Å². The number of aliphatic hydroxyl groups is 1. The molecule has 7 heavy (non-hydrogen) atoms. The smallest absolute Gasteiger partial charge is 0.155 e. The molecule has 0 unspecified atom stereocenters. The fourth-order valence-corrected chi connectivity index (χ4v) is 0.124. The normalized spacial score (nSPS) is 27.7. The number of hydrogen-bond donors (Lipinski definition) is 1. The van der Waals surface area contributed by atoms with E-state index in [0.717, 1.165) is 0 Å². The Morgan fingerprint density at radius 2 is 2.57 bits per heavy atom. The molecule has 0 aliphatic carbocycles. The average Bonchev–Trinajstić information content (AvgIpc) is 1.82. The Labute approximate surface area is 50.9 Å². The summed E-state index contributed by atoms with van der Waals surface area (Å²) in [4.78, 5) is 10.7. The standard InChI is InChI=1S/C5H8O2/c1-4(6)3-5(2)7/h3,6H,1-2H3/i1D3,2D3. The van der Waals surface area contributed by atoms with Crippen LogP contribution in [0.2, 0.25) is 0 Å². The van der Waals surface area contributed by atoms with Gasteiger partial charge in [0.25, 0.3) is 0 Å². The van der Waals surface area contributed by atoms with E-state index in [1.165, 1.54) is 0 Å². The minimum Gasteiger partial charge on any atom is -0.512 e. The number of hydrogen-bond acceptors (Lipinski definition) is 2. The Bertz CT molecular complexity index is 234. The van der Waals surface area contributed by atoms with E-state index >= 15 is 0 Å². The topological polar surface area (TPSA) is 37.3 Å². The maximum Gasteiger partial charge on any atom is 0.155 e. The van der Waals surface area contributed by atoms with E-state index in [0.29, 0.717) is 0 Å². The Kier molecular flexibility index (Phi) is 0.459. The van der Waals surface area contributed by atoms with Crippen molar-refractivity contribution in [3.05, 3.63) is 11.8 Å². The lowest BCUT2D eigenvalue weighted by Gasteiger charge is -1.80. The van der Waals surface area contributed by atoms with Gasteiger partial charge in [-0.2, -0.15) is 0 Å². The molecule has 0 aromatic rings. The fourth-order valence-electron chi connectivity index (χ4n) is 0.124. The molecule has 2 nitrogen and oxygen atoms in total. The molecule has 2 heteroatoms. The second-order valence-corrected chi connectivity index (χ2v) is 0.894. The van der Waals surface area contributed by atoms with Gasteiger partial charge in [-0.25, -0.2) is 0 Å². The van der Waals surface area contributed by atoms with Gasteiger partial charge in [0.15, 0.2) is 5.78 Å². The first-order chi connectivity index (χ1) is 5.55. The molecule has 0 spiro atoms. The summed E-state index contributed by atoms with van der Waals surface area (Å²) in [6.45, 7) is -5.76. The molecule has 0 saturated carbocycles. The highest BCUT2D eigenvalue weighted by Crippen LogP contribution is 1.82. The van der Waals surface area contributed by atoms with Crippen LogP contribution in [0.5, 0.6) is 0 Å². The lowest BCUT2D eigenvalue weighted by molar-refractivity contribution is -0.112. The Morgan fingerprint density at radius 1 is 1.86 bits per heavy atom. The Morgan fingerprint density at radius 3 is 3.00 bits per heavy atom. The van der Waals surface area contributed by atoms with Crippen molar-refractivity contribution in [2.75, 3.05) is 0 Å². The number of carbonyl (C=O) groups excluding carboxylic acids is 1. The first kappa shape index (κ1) is 1.34. The van der Waals surface area contributed by atoms with Crippen LogP contribution in [-0.2, 0) is 4.79 Å². The van der Waals surface area contributed by atoms with Gasteiger partial charge in [-0.3, -0.25) is 4.79 Å². The minimum atomic E-state index is -2.92. The van der Waals surface area contributed by atoms with Crippen LogP contribution in [0.3, 0.4) is 0 Å². The first-order valence-corrected chi connectivity index (χ1v) is 1.51. The highest BCUT2D eigenvalue weighted by Gasteiger charge is 1.82. The van der Waals surface area contributed by atoms with Gasteiger partial charge in [0.1, 0.15) is 0 Å². The quantitative estimate of drug-likeness (QED) is 0.400. The Balaban J connectivity index is 4.70. The number of rotatable bonds is 1. The molecule has 0 aromatic heterocycles. The third-order valence-corrected chi connectivity index (χ3v) is 0.268. The highest BCUT2D eigenvalue weighted by atomic mass is 16.3. The number of carbonyl (C=O) groups is 1. The third-order valence-electron chi connectivity index (χ3n) is 0.268. The molecular formula is C5H8O2. The summed E-state index contributed by atoms with van der Waals surface area (Å²) >= 11 is 0. The van der Waals surface area contributed by atoms with Gasteiger partial charge in [-0.1, -0.05) is 0 Å². The van der Waals surface area contributed by atoms with Crippen molar-refractivity contribution in [3.8, 4) is 0 Å². The van der Waals surface area contributed by atoms with Crippen LogP contribution in [0.15, 0.2) is 11.8 Å². The first-order valence-electron chi connectivity index (χ1n) is 4.51. The monoisotopic (exact) mass is 106 g/mol. The van der Waals surface area contributed by atoms with Gasteiger partial charge < -0.3 is 5.11 Å². The van der Waals surface area contributed by atoms with Gasteiger partial charge in [0, 0.05) is 14.3 Å². The molecule has 40 valence electrons. The van der Waals surface area contributed by atoms with Crippen molar-refractivity contribution >= 4 is 5.78 Å². The Hall–Kier alpha value is -0.790. The average molecular weight is 106 g/mol. The molecule has 0 aliphatic rings. The van der Waals surface area contributed by atoms with Gasteiger partial charge in [0.2, 0.25) is 0 Å². The SMILES string of the molecule is [2H]C([2H])([2H])C(=O)C=C(O)C([2H])([2H])[2H]. The number of ketones is 1. The van der Waals surface area contributed by atoms with Gasteiger partial charge in [-0.15, -0.1) is 0 Å². The summed E-state index contributed by atoms with van der Waals surface area (Å²) in [5, 5.41) is 8.75. The predicted octanol–water partition coefficient (Wildman–Crippen LogP) is 1.04. The number of aliphatic hydroxyl groups excluding tert-OH is 1. The summed E-state index contributed by atoms with van der Waals surface area (Å²) in [5.41, 5.74) is 0. The summed E-state index contributed by atoms with van der Waals surface area (Å²) < 4.78 is 39.6. The maximum absolute atomic E-state index is 10.7. The van der Waals surface area contributed by atoms with Crippen molar-refractivity contribution in [3.63, 3.8) is 0 Å². The van der Waals surface area contributed by atoms with Crippen molar-refractivity contribution in [2.24, 2.45) is 0 Å². The summed E-state index contributed by atoms with van der Waals surface area (Å²) in [6, 6.07) is 0. The number of allylic oxidation sites excluding steroid dienone is 2.